The van der Waals surface area contributed by atoms with Crippen molar-refractivity contribution in [3.8, 4) is 0 Å². The Kier molecular flexibility index (Phi) is 3.11. The van der Waals surface area contributed by atoms with Gasteiger partial charge in [-0.1, -0.05) is 12.1 Å². The number of para-hydroxylation sites is 1. The molecular formula is C10H12FNO3S. The van der Waals surface area contributed by atoms with Gasteiger partial charge in [0.25, 0.3) is 0 Å². The van der Waals surface area contributed by atoms with Crippen molar-refractivity contribution >= 4 is 15.9 Å². The molecule has 2 rings (SSSR count). The number of halogens is 1. The minimum Gasteiger partial charge on any atom is -0.378 e. The van der Waals surface area contributed by atoms with Gasteiger partial charge in [0.05, 0.1) is 18.9 Å². The van der Waals surface area contributed by atoms with Gasteiger partial charge < -0.3 is 9.64 Å². The molecule has 0 saturated carbocycles. The van der Waals surface area contributed by atoms with Gasteiger partial charge in [0.1, 0.15) is 4.90 Å². The van der Waals surface area contributed by atoms with Crippen molar-refractivity contribution in [3.05, 3.63) is 24.3 Å². The summed E-state index contributed by atoms with van der Waals surface area (Å²) < 4.78 is 40.2. The van der Waals surface area contributed by atoms with Crippen molar-refractivity contribution in [1.82, 2.24) is 0 Å². The van der Waals surface area contributed by atoms with Crippen LogP contribution in [0.1, 0.15) is 0 Å². The second-order valence-electron chi connectivity index (χ2n) is 3.50. The molecule has 1 saturated heterocycles. The van der Waals surface area contributed by atoms with Gasteiger partial charge in [0.2, 0.25) is 0 Å². The number of nitrogens with zero attached hydrogens (tertiary/aromatic N) is 1. The number of morpholine rings is 1. The van der Waals surface area contributed by atoms with E-state index in [0.717, 1.165) is 0 Å². The molecule has 0 spiro atoms. The van der Waals surface area contributed by atoms with Gasteiger partial charge in [-0.05, 0) is 12.1 Å². The summed E-state index contributed by atoms with van der Waals surface area (Å²) in [5.74, 6) is 0. The quantitative estimate of drug-likeness (QED) is 0.734. The van der Waals surface area contributed by atoms with Crippen LogP contribution in [0.5, 0.6) is 0 Å². The topological polar surface area (TPSA) is 46.6 Å². The van der Waals surface area contributed by atoms with Crippen LogP contribution >= 0.6 is 0 Å². The van der Waals surface area contributed by atoms with Crippen LogP contribution in [0.25, 0.3) is 0 Å². The molecule has 6 heteroatoms. The number of ether oxygens (including phenoxy) is 1. The molecule has 0 aliphatic carbocycles. The van der Waals surface area contributed by atoms with Gasteiger partial charge in [-0.25, -0.2) is 0 Å². The van der Waals surface area contributed by atoms with Crippen LogP contribution in [0.3, 0.4) is 0 Å². The van der Waals surface area contributed by atoms with E-state index in [1.54, 1.807) is 12.1 Å². The molecule has 1 aromatic rings. The second-order valence-corrected chi connectivity index (χ2v) is 4.82. The summed E-state index contributed by atoms with van der Waals surface area (Å²) in [7, 11) is -4.67. The predicted octanol–water partition coefficient (Wildman–Crippen LogP) is 1.18. The van der Waals surface area contributed by atoms with Crippen LogP contribution in [0.4, 0.5) is 9.57 Å². The van der Waals surface area contributed by atoms with Crippen LogP contribution in [-0.2, 0) is 15.0 Å². The third-order valence-corrected chi connectivity index (χ3v) is 3.35. The summed E-state index contributed by atoms with van der Waals surface area (Å²) in [6.45, 7) is 2.21. The SMILES string of the molecule is O=S(=O)(F)c1ccccc1N1CCOCC1. The molecule has 88 valence electrons. The lowest BCUT2D eigenvalue weighted by molar-refractivity contribution is 0.122. The van der Waals surface area contributed by atoms with Crippen molar-refractivity contribution < 1.29 is 17.0 Å². The van der Waals surface area contributed by atoms with E-state index in [1.165, 1.54) is 12.1 Å². The van der Waals surface area contributed by atoms with Crippen LogP contribution in [-0.4, -0.2) is 34.7 Å². The molecule has 1 heterocycles. The average molecular weight is 245 g/mol. The molecule has 0 atom stereocenters. The Bertz CT molecular complexity index is 469. The average Bonchev–Trinajstić information content (AvgIpc) is 2.29. The van der Waals surface area contributed by atoms with Crippen molar-refractivity contribution in [1.29, 1.82) is 0 Å². The molecule has 0 aromatic heterocycles. The van der Waals surface area contributed by atoms with E-state index in [4.69, 9.17) is 4.74 Å². The first-order valence-corrected chi connectivity index (χ1v) is 6.34. The first-order valence-electron chi connectivity index (χ1n) is 4.95. The molecule has 0 amide bonds. The highest BCUT2D eigenvalue weighted by molar-refractivity contribution is 7.86. The van der Waals surface area contributed by atoms with Crippen LogP contribution < -0.4 is 4.90 Å². The van der Waals surface area contributed by atoms with Gasteiger partial charge >= 0.3 is 10.2 Å². The third-order valence-electron chi connectivity index (χ3n) is 2.48. The lowest BCUT2D eigenvalue weighted by atomic mass is 10.2. The van der Waals surface area contributed by atoms with E-state index < -0.39 is 10.2 Å². The van der Waals surface area contributed by atoms with E-state index in [0.29, 0.717) is 32.0 Å². The zero-order valence-corrected chi connectivity index (χ0v) is 9.41. The van der Waals surface area contributed by atoms with Gasteiger partial charge in [-0.15, -0.1) is 3.89 Å². The molecule has 16 heavy (non-hydrogen) atoms. The molecule has 0 unspecified atom stereocenters. The second kappa shape index (κ2) is 4.39. The van der Waals surface area contributed by atoms with Crippen LogP contribution in [0.2, 0.25) is 0 Å². The minimum atomic E-state index is -4.67. The fraction of sp³-hybridized carbons (Fsp3) is 0.400. The number of anilines is 1. The summed E-state index contributed by atoms with van der Waals surface area (Å²) in [5.41, 5.74) is 0.410. The van der Waals surface area contributed by atoms with Crippen molar-refractivity contribution in [3.63, 3.8) is 0 Å². The van der Waals surface area contributed by atoms with Gasteiger partial charge in [0.15, 0.2) is 0 Å². The van der Waals surface area contributed by atoms with Crippen LogP contribution in [0, 0.1) is 0 Å². The maximum Gasteiger partial charge on any atom is 0.334 e. The van der Waals surface area contributed by atoms with E-state index >= 15 is 0 Å². The minimum absolute atomic E-state index is 0.267. The normalized spacial score (nSPS) is 17.4. The van der Waals surface area contributed by atoms with E-state index in [9.17, 15) is 12.3 Å². The van der Waals surface area contributed by atoms with Crippen molar-refractivity contribution in [2.45, 2.75) is 4.90 Å². The Labute approximate surface area is 93.8 Å². The lowest BCUT2D eigenvalue weighted by Crippen LogP contribution is -2.36. The van der Waals surface area contributed by atoms with Gasteiger partial charge in [0, 0.05) is 13.1 Å². The van der Waals surface area contributed by atoms with Crippen molar-refractivity contribution in [2.75, 3.05) is 31.2 Å². The monoisotopic (exact) mass is 245 g/mol. The first-order chi connectivity index (χ1) is 7.59. The van der Waals surface area contributed by atoms with Gasteiger partial charge in [-0.2, -0.15) is 8.42 Å². The molecule has 1 aromatic carbocycles. The van der Waals surface area contributed by atoms with Crippen LogP contribution in [0.15, 0.2) is 29.2 Å². The molecule has 0 bridgehead atoms. The van der Waals surface area contributed by atoms with E-state index in [-0.39, 0.29) is 4.90 Å². The molecule has 0 N–H and O–H groups in total. The molecular weight excluding hydrogens is 233 g/mol. The molecule has 1 fully saturated rings. The summed E-state index contributed by atoms with van der Waals surface area (Å²) in [5, 5.41) is 0. The third kappa shape index (κ3) is 2.33. The van der Waals surface area contributed by atoms with E-state index in [1.807, 2.05) is 4.90 Å². The Balaban J connectivity index is 2.40. The highest BCUT2D eigenvalue weighted by Gasteiger charge is 2.21. The molecule has 4 nitrogen and oxygen atoms in total. The van der Waals surface area contributed by atoms with Crippen molar-refractivity contribution in [2.24, 2.45) is 0 Å². The maximum atomic E-state index is 13.1. The largest absolute Gasteiger partial charge is 0.378 e. The highest BCUT2D eigenvalue weighted by Crippen LogP contribution is 2.26. The zero-order chi connectivity index (χ0) is 11.6. The van der Waals surface area contributed by atoms with E-state index in [2.05, 4.69) is 0 Å². The number of benzene rings is 1. The predicted molar refractivity (Wildman–Crippen MR) is 57.8 cm³/mol. The summed E-state index contributed by atoms with van der Waals surface area (Å²) >= 11 is 0. The summed E-state index contributed by atoms with van der Waals surface area (Å²) in [6.07, 6.45) is 0. The molecule has 1 aliphatic heterocycles. The number of rotatable bonds is 2. The Morgan fingerprint density at radius 1 is 1.19 bits per heavy atom. The Morgan fingerprint density at radius 3 is 2.44 bits per heavy atom. The fourth-order valence-corrected chi connectivity index (χ4v) is 2.42. The number of hydrogen-bond acceptors (Lipinski definition) is 4. The summed E-state index contributed by atoms with van der Waals surface area (Å²) in [6, 6.07) is 6.09. The summed E-state index contributed by atoms with van der Waals surface area (Å²) in [4.78, 5) is 1.55. The Morgan fingerprint density at radius 2 is 1.81 bits per heavy atom. The Hall–Kier alpha value is -1.14. The molecule has 0 radical (unpaired) electrons. The highest BCUT2D eigenvalue weighted by atomic mass is 32.3. The maximum absolute atomic E-state index is 13.1. The smallest absolute Gasteiger partial charge is 0.334 e. The zero-order valence-electron chi connectivity index (χ0n) is 8.60. The van der Waals surface area contributed by atoms with Gasteiger partial charge in [-0.3, -0.25) is 0 Å². The fourth-order valence-electron chi connectivity index (χ4n) is 1.73. The first kappa shape index (κ1) is 11.3. The molecule has 1 aliphatic rings. The lowest BCUT2D eigenvalue weighted by Gasteiger charge is -2.29. The number of hydrogen-bond donors (Lipinski definition) is 0. The standard InChI is InChI=1S/C10H12FNO3S/c11-16(13,14)10-4-2-1-3-9(10)12-5-7-15-8-6-12/h1-4H,5-8H2.